The molecular weight excluding hydrogens is 346 g/mol. The molecule has 96 valence electrons. The van der Waals surface area contributed by atoms with Crippen LogP contribution in [0.2, 0.25) is 5.02 Å². The van der Waals surface area contributed by atoms with Gasteiger partial charge in [-0.2, -0.15) is 0 Å². The van der Waals surface area contributed by atoms with E-state index in [9.17, 15) is 0 Å². The second kappa shape index (κ2) is 4.74. The van der Waals surface area contributed by atoms with Gasteiger partial charge in [0.25, 0.3) is 0 Å². The fourth-order valence-electron chi connectivity index (χ4n) is 2.01. The molecule has 0 aliphatic rings. The number of nitrogens with zero attached hydrogens (tertiary/aromatic N) is 2. The second-order valence-electron chi connectivity index (χ2n) is 4.21. The molecule has 0 amide bonds. The molecule has 2 aromatic heterocycles. The third kappa shape index (κ3) is 2.12. The molecule has 3 nitrogen and oxygen atoms in total. The van der Waals surface area contributed by atoms with Crippen LogP contribution in [0, 0.1) is 11.7 Å². The third-order valence-corrected chi connectivity index (χ3v) is 4.28. The molecule has 1 aromatic carbocycles. The zero-order valence-electron chi connectivity index (χ0n) is 9.95. The molecule has 6 heteroatoms. The first kappa shape index (κ1) is 12.8. The van der Waals surface area contributed by atoms with Gasteiger partial charge in [0.05, 0.1) is 22.9 Å². The number of H-pyrrole nitrogens is 1. The second-order valence-corrected chi connectivity index (χ2v) is 5.86. The monoisotopic (exact) mass is 353 g/mol. The van der Waals surface area contributed by atoms with Crippen molar-refractivity contribution in [2.24, 2.45) is 0 Å². The summed E-state index contributed by atoms with van der Waals surface area (Å²) in [6.45, 7) is 1.97. The Balaban J connectivity index is 2.40. The molecule has 0 aliphatic heterocycles. The highest BCUT2D eigenvalue weighted by Crippen LogP contribution is 2.30. The molecule has 3 rings (SSSR count). The zero-order chi connectivity index (χ0) is 13.6. The first-order valence-corrected chi connectivity index (χ1v) is 7.16. The summed E-state index contributed by atoms with van der Waals surface area (Å²) >= 11 is 15.2. The van der Waals surface area contributed by atoms with E-state index in [1.807, 2.05) is 29.7 Å². The normalized spacial score (nSPS) is 11.1. The largest absolute Gasteiger partial charge is 0.329 e. The summed E-state index contributed by atoms with van der Waals surface area (Å²) in [6, 6.07) is 5.81. The minimum absolute atomic E-state index is 0.614. The molecule has 3 aromatic rings. The summed E-state index contributed by atoms with van der Waals surface area (Å²) in [5.41, 5.74) is 3.81. The molecule has 1 N–H and O–H groups in total. The Kier molecular flexibility index (Phi) is 3.20. The number of hydrogen-bond acceptors (Lipinski definition) is 2. The van der Waals surface area contributed by atoms with Crippen molar-refractivity contribution >= 4 is 50.8 Å². The quantitative estimate of drug-likeness (QED) is 0.636. The van der Waals surface area contributed by atoms with Gasteiger partial charge in [-0.1, -0.05) is 11.6 Å². The van der Waals surface area contributed by atoms with Crippen molar-refractivity contribution in [3.8, 4) is 5.69 Å². The highest BCUT2D eigenvalue weighted by Gasteiger charge is 2.11. The maximum atomic E-state index is 6.22. The highest BCUT2D eigenvalue weighted by molar-refractivity contribution is 9.10. The van der Waals surface area contributed by atoms with Crippen LogP contribution in [-0.4, -0.2) is 14.5 Å². The number of imidazole rings is 1. The summed E-state index contributed by atoms with van der Waals surface area (Å²) in [6.07, 6.45) is 3.50. The zero-order valence-corrected chi connectivity index (χ0v) is 13.1. The van der Waals surface area contributed by atoms with E-state index in [0.29, 0.717) is 9.79 Å². The molecule has 0 saturated carbocycles. The van der Waals surface area contributed by atoms with Crippen molar-refractivity contribution in [1.82, 2.24) is 14.5 Å². The fraction of sp³-hybridized carbons (Fsp3) is 0.0769. The van der Waals surface area contributed by atoms with Crippen LogP contribution in [-0.2, 0) is 0 Å². The smallest absolute Gasteiger partial charge is 0.182 e. The maximum Gasteiger partial charge on any atom is 0.182 e. The number of nitrogens with one attached hydrogen (secondary N) is 1. The lowest BCUT2D eigenvalue weighted by Crippen LogP contribution is -1.96. The van der Waals surface area contributed by atoms with Gasteiger partial charge in [0.1, 0.15) is 0 Å². The van der Waals surface area contributed by atoms with Crippen LogP contribution in [0.5, 0.6) is 0 Å². The van der Waals surface area contributed by atoms with E-state index >= 15 is 0 Å². The van der Waals surface area contributed by atoms with E-state index < -0.39 is 0 Å². The molecule has 19 heavy (non-hydrogen) atoms. The predicted octanol–water partition coefficient (Wildman–Crippen LogP) is 4.81. The number of rotatable bonds is 1. The number of hydrogen-bond donors (Lipinski definition) is 1. The number of pyridine rings is 1. The van der Waals surface area contributed by atoms with Gasteiger partial charge in [0.15, 0.2) is 4.77 Å². The lowest BCUT2D eigenvalue weighted by molar-refractivity contribution is 1.05. The standard InChI is InChI=1S/C13H9BrClN3S/c1-7-4-8(14)12(5-9(7)15)18-11-2-3-16-6-10(11)17-13(18)19/h2-6H,1H3,(H,17,19). The van der Waals surface area contributed by atoms with Crippen molar-refractivity contribution in [3.05, 3.63) is 50.4 Å². The van der Waals surface area contributed by atoms with Crippen molar-refractivity contribution in [2.45, 2.75) is 6.92 Å². The predicted molar refractivity (Wildman–Crippen MR) is 83.7 cm³/mol. The number of aryl methyl sites for hydroxylation is 1. The molecule has 0 fully saturated rings. The van der Waals surface area contributed by atoms with Crippen LogP contribution in [0.3, 0.4) is 0 Å². The summed E-state index contributed by atoms with van der Waals surface area (Å²) in [5.74, 6) is 0. The Bertz CT molecular complexity index is 838. The summed E-state index contributed by atoms with van der Waals surface area (Å²) in [5, 5.41) is 0.712. The molecule has 0 bridgehead atoms. The number of fused-ring (bicyclic) bond motifs is 1. The Morgan fingerprint density at radius 3 is 3.00 bits per heavy atom. The SMILES string of the molecule is Cc1cc(Br)c(-n2c(=S)[nH]c3cnccc32)cc1Cl. The highest BCUT2D eigenvalue weighted by atomic mass is 79.9. The maximum absolute atomic E-state index is 6.22. The van der Waals surface area contributed by atoms with Crippen molar-refractivity contribution in [3.63, 3.8) is 0 Å². The van der Waals surface area contributed by atoms with E-state index in [-0.39, 0.29) is 0 Å². The fourth-order valence-corrected chi connectivity index (χ4v) is 3.10. The van der Waals surface area contributed by atoms with Gasteiger partial charge in [-0.15, -0.1) is 0 Å². The van der Waals surface area contributed by atoms with Crippen LogP contribution < -0.4 is 0 Å². The minimum Gasteiger partial charge on any atom is -0.329 e. The van der Waals surface area contributed by atoms with Crippen LogP contribution in [0.1, 0.15) is 5.56 Å². The Labute approximate surface area is 128 Å². The summed E-state index contributed by atoms with van der Waals surface area (Å²) in [7, 11) is 0. The van der Waals surface area contributed by atoms with Gasteiger partial charge in [-0.05, 0) is 58.8 Å². The van der Waals surface area contributed by atoms with Gasteiger partial charge < -0.3 is 4.98 Å². The Hall–Kier alpha value is -1.17. The molecule has 2 heterocycles. The average Bonchev–Trinajstić information content (AvgIpc) is 2.70. The van der Waals surface area contributed by atoms with E-state index in [2.05, 4.69) is 25.9 Å². The molecule has 0 spiro atoms. The molecule has 0 aliphatic carbocycles. The summed E-state index contributed by atoms with van der Waals surface area (Å²) in [4.78, 5) is 7.22. The van der Waals surface area contributed by atoms with Gasteiger partial charge >= 0.3 is 0 Å². The van der Waals surface area contributed by atoms with Gasteiger partial charge in [-0.25, -0.2) is 0 Å². The number of aromatic nitrogens is 3. The minimum atomic E-state index is 0.614. The van der Waals surface area contributed by atoms with Gasteiger partial charge in [0.2, 0.25) is 0 Å². The topological polar surface area (TPSA) is 33.6 Å². The van der Waals surface area contributed by atoms with E-state index in [4.69, 9.17) is 23.8 Å². The molecule has 0 saturated heterocycles. The van der Waals surface area contributed by atoms with Crippen molar-refractivity contribution in [1.29, 1.82) is 0 Å². The lowest BCUT2D eigenvalue weighted by Gasteiger charge is -2.09. The molecular formula is C13H9BrClN3S. The van der Waals surface area contributed by atoms with Crippen LogP contribution in [0.15, 0.2) is 35.1 Å². The van der Waals surface area contributed by atoms with Gasteiger partial charge in [0, 0.05) is 15.7 Å². The summed E-state index contributed by atoms with van der Waals surface area (Å²) < 4.78 is 3.51. The van der Waals surface area contributed by atoms with E-state index in [1.165, 1.54) is 0 Å². The average molecular weight is 355 g/mol. The number of halogens is 2. The Morgan fingerprint density at radius 1 is 1.42 bits per heavy atom. The first-order valence-electron chi connectivity index (χ1n) is 5.58. The van der Waals surface area contributed by atoms with Crippen LogP contribution in [0.4, 0.5) is 0 Å². The third-order valence-electron chi connectivity index (χ3n) is 2.95. The number of aromatic amines is 1. The number of benzene rings is 1. The van der Waals surface area contributed by atoms with Crippen molar-refractivity contribution in [2.75, 3.05) is 0 Å². The van der Waals surface area contributed by atoms with Crippen molar-refractivity contribution < 1.29 is 0 Å². The molecule has 0 unspecified atom stereocenters. The van der Waals surface area contributed by atoms with Crippen LogP contribution >= 0.6 is 39.7 Å². The Morgan fingerprint density at radius 2 is 2.21 bits per heavy atom. The lowest BCUT2D eigenvalue weighted by atomic mass is 10.2. The van der Waals surface area contributed by atoms with Gasteiger partial charge in [-0.3, -0.25) is 9.55 Å². The van der Waals surface area contributed by atoms with E-state index in [1.54, 1.807) is 12.4 Å². The van der Waals surface area contributed by atoms with Crippen LogP contribution in [0.25, 0.3) is 16.7 Å². The first-order chi connectivity index (χ1) is 9.08. The molecule has 0 radical (unpaired) electrons. The van der Waals surface area contributed by atoms with E-state index in [0.717, 1.165) is 26.8 Å². The molecule has 0 atom stereocenters.